The maximum atomic E-state index is 12.0. The van der Waals surface area contributed by atoms with Gasteiger partial charge in [0.05, 0.1) is 12.3 Å². The smallest absolute Gasteiger partial charge is 0.291 e. The van der Waals surface area contributed by atoms with E-state index in [-0.39, 0.29) is 11.9 Å². The number of aliphatic imine (C=N–C) groups is 1. The number of hydrogen-bond donors (Lipinski definition) is 1. The fraction of sp³-hybridized carbons (Fsp3) is 0.250. The molecule has 1 saturated heterocycles. The van der Waals surface area contributed by atoms with Gasteiger partial charge in [0.15, 0.2) is 10.9 Å². The number of fused-ring (bicyclic) bond motifs is 1. The lowest BCUT2D eigenvalue weighted by atomic mass is 10.1. The van der Waals surface area contributed by atoms with Crippen molar-refractivity contribution >= 4 is 28.5 Å². The van der Waals surface area contributed by atoms with Gasteiger partial charge in [0.2, 0.25) is 0 Å². The molecule has 3 heterocycles. The van der Waals surface area contributed by atoms with E-state index >= 15 is 0 Å². The van der Waals surface area contributed by atoms with Gasteiger partial charge < -0.3 is 14.6 Å². The lowest BCUT2D eigenvalue weighted by molar-refractivity contribution is 0.0996. The summed E-state index contributed by atoms with van der Waals surface area (Å²) in [5, 5.41) is 4.01. The van der Waals surface area contributed by atoms with E-state index in [9.17, 15) is 4.79 Å². The monoisotopic (exact) mass is 313 g/mol. The molecule has 1 N–H and O–H groups in total. The first-order chi connectivity index (χ1) is 10.8. The van der Waals surface area contributed by atoms with Crippen molar-refractivity contribution in [1.29, 1.82) is 0 Å². The van der Waals surface area contributed by atoms with Crippen molar-refractivity contribution in [1.82, 2.24) is 4.90 Å². The first-order valence-corrected chi connectivity index (χ1v) is 8.18. The summed E-state index contributed by atoms with van der Waals surface area (Å²) in [5.74, 6) is 1.20. The van der Waals surface area contributed by atoms with Crippen LogP contribution in [-0.2, 0) is 0 Å². The van der Waals surface area contributed by atoms with Gasteiger partial charge >= 0.3 is 0 Å². The molecule has 6 heteroatoms. The molecule has 1 aromatic carbocycles. The Kier molecular flexibility index (Phi) is 3.38. The number of amidine groups is 1. The van der Waals surface area contributed by atoms with E-state index in [4.69, 9.17) is 9.41 Å². The molecule has 4 rings (SSSR count). The fourth-order valence-corrected chi connectivity index (χ4v) is 3.75. The van der Waals surface area contributed by atoms with E-state index in [1.165, 1.54) is 6.26 Å². The Balaban J connectivity index is 1.51. The van der Waals surface area contributed by atoms with Crippen molar-refractivity contribution in [2.45, 2.75) is 6.04 Å². The molecule has 5 nitrogen and oxygen atoms in total. The van der Waals surface area contributed by atoms with Gasteiger partial charge in [-0.1, -0.05) is 23.9 Å². The SMILES string of the molecule is O=C(Nc1cccc(C2CN3CCSC3=N2)c1)c1ccco1. The maximum Gasteiger partial charge on any atom is 0.291 e. The predicted octanol–water partition coefficient (Wildman–Crippen LogP) is 2.99. The predicted molar refractivity (Wildman–Crippen MR) is 87.3 cm³/mol. The average Bonchev–Trinajstić information content (AvgIpc) is 3.24. The molecule has 2 aliphatic rings. The number of furan rings is 1. The molecule has 0 aliphatic carbocycles. The molecule has 2 aliphatic heterocycles. The number of benzene rings is 1. The number of nitrogens with one attached hydrogen (secondary N) is 1. The molecule has 0 radical (unpaired) electrons. The summed E-state index contributed by atoms with van der Waals surface area (Å²) in [6.45, 7) is 2.01. The standard InChI is InChI=1S/C16H15N3O2S/c20-15(14-5-2-7-21-14)17-12-4-1-3-11(9-12)13-10-19-6-8-22-16(19)18-13/h1-5,7,9,13H,6,8,10H2,(H,17,20). The zero-order valence-corrected chi connectivity index (χ0v) is 12.7. The van der Waals surface area contributed by atoms with Gasteiger partial charge in [-0.3, -0.25) is 9.79 Å². The first kappa shape index (κ1) is 13.5. The molecule has 22 heavy (non-hydrogen) atoms. The highest BCUT2D eigenvalue weighted by atomic mass is 32.2. The van der Waals surface area contributed by atoms with Crippen LogP contribution in [0.3, 0.4) is 0 Å². The second-order valence-corrected chi connectivity index (χ2v) is 6.34. The van der Waals surface area contributed by atoms with Gasteiger partial charge in [0.1, 0.15) is 0 Å². The zero-order chi connectivity index (χ0) is 14.9. The highest BCUT2D eigenvalue weighted by Crippen LogP contribution is 2.33. The Morgan fingerprint density at radius 1 is 1.36 bits per heavy atom. The van der Waals surface area contributed by atoms with E-state index in [0.717, 1.165) is 35.3 Å². The van der Waals surface area contributed by atoms with Crippen LogP contribution in [0, 0.1) is 0 Å². The Morgan fingerprint density at radius 2 is 2.32 bits per heavy atom. The molecular weight excluding hydrogens is 298 g/mol. The second kappa shape index (κ2) is 5.53. The van der Waals surface area contributed by atoms with E-state index in [1.54, 1.807) is 12.1 Å². The molecule has 0 bridgehead atoms. The van der Waals surface area contributed by atoms with E-state index in [1.807, 2.05) is 30.0 Å². The molecule has 1 atom stereocenters. The Morgan fingerprint density at radius 3 is 3.14 bits per heavy atom. The number of rotatable bonds is 3. The first-order valence-electron chi connectivity index (χ1n) is 7.20. The van der Waals surface area contributed by atoms with Crippen LogP contribution in [0.15, 0.2) is 52.1 Å². The maximum absolute atomic E-state index is 12.0. The number of anilines is 1. The van der Waals surface area contributed by atoms with E-state index < -0.39 is 0 Å². The normalized spacial score (nSPS) is 19.9. The third-order valence-corrected chi connectivity index (χ3v) is 4.81. The van der Waals surface area contributed by atoms with Crippen LogP contribution in [0.2, 0.25) is 0 Å². The fourth-order valence-electron chi connectivity index (χ4n) is 2.71. The quantitative estimate of drug-likeness (QED) is 0.946. The van der Waals surface area contributed by atoms with Gasteiger partial charge in [-0.05, 0) is 29.8 Å². The largest absolute Gasteiger partial charge is 0.459 e. The van der Waals surface area contributed by atoms with Crippen molar-refractivity contribution in [2.24, 2.45) is 4.99 Å². The molecular formula is C16H15N3O2S. The number of carbonyl (C=O) groups is 1. The summed E-state index contributed by atoms with van der Waals surface area (Å²) >= 11 is 1.82. The summed E-state index contributed by atoms with van der Waals surface area (Å²) in [6.07, 6.45) is 1.49. The van der Waals surface area contributed by atoms with Crippen LogP contribution in [0.1, 0.15) is 22.2 Å². The number of amides is 1. The van der Waals surface area contributed by atoms with Gasteiger partial charge in [-0.25, -0.2) is 0 Å². The molecule has 0 saturated carbocycles. The van der Waals surface area contributed by atoms with E-state index in [2.05, 4.69) is 16.3 Å². The number of hydrogen-bond acceptors (Lipinski definition) is 5. The minimum absolute atomic E-state index is 0.156. The summed E-state index contributed by atoms with van der Waals surface area (Å²) < 4.78 is 5.10. The van der Waals surface area contributed by atoms with Crippen LogP contribution in [-0.4, -0.2) is 34.8 Å². The third-order valence-electron chi connectivity index (χ3n) is 3.80. The Bertz CT molecular complexity index is 727. The lowest BCUT2D eigenvalue weighted by Crippen LogP contribution is -2.21. The van der Waals surface area contributed by atoms with Crippen LogP contribution in [0.4, 0.5) is 5.69 Å². The topological polar surface area (TPSA) is 57.8 Å². The lowest BCUT2D eigenvalue weighted by Gasteiger charge is -2.13. The second-order valence-electron chi connectivity index (χ2n) is 5.28. The molecule has 1 unspecified atom stereocenters. The zero-order valence-electron chi connectivity index (χ0n) is 11.9. The molecule has 1 amide bonds. The molecule has 0 spiro atoms. The van der Waals surface area contributed by atoms with E-state index in [0.29, 0.717) is 5.76 Å². The molecule has 1 aromatic heterocycles. The third kappa shape index (κ3) is 2.50. The van der Waals surface area contributed by atoms with Crippen molar-refractivity contribution in [3.63, 3.8) is 0 Å². The van der Waals surface area contributed by atoms with Crippen LogP contribution in [0.25, 0.3) is 0 Å². The minimum atomic E-state index is -0.240. The van der Waals surface area contributed by atoms with Gasteiger partial charge in [-0.2, -0.15) is 0 Å². The Hall–Kier alpha value is -2.21. The van der Waals surface area contributed by atoms with Crippen LogP contribution < -0.4 is 5.32 Å². The van der Waals surface area contributed by atoms with Gasteiger partial charge in [-0.15, -0.1) is 0 Å². The Labute approximate surface area is 132 Å². The van der Waals surface area contributed by atoms with Crippen LogP contribution >= 0.6 is 11.8 Å². The molecule has 1 fully saturated rings. The number of nitrogens with zero attached hydrogens (tertiary/aromatic N) is 2. The number of carbonyl (C=O) groups excluding carboxylic acids is 1. The highest BCUT2D eigenvalue weighted by molar-refractivity contribution is 8.14. The molecule has 112 valence electrons. The van der Waals surface area contributed by atoms with Crippen molar-refractivity contribution in [3.05, 3.63) is 54.0 Å². The van der Waals surface area contributed by atoms with Crippen molar-refractivity contribution in [2.75, 3.05) is 24.2 Å². The summed E-state index contributed by atoms with van der Waals surface area (Å²) in [6, 6.07) is 11.4. The van der Waals surface area contributed by atoms with Crippen molar-refractivity contribution < 1.29 is 9.21 Å². The number of thioether (sulfide) groups is 1. The van der Waals surface area contributed by atoms with Gasteiger partial charge in [0.25, 0.3) is 5.91 Å². The minimum Gasteiger partial charge on any atom is -0.459 e. The highest BCUT2D eigenvalue weighted by Gasteiger charge is 2.30. The van der Waals surface area contributed by atoms with Gasteiger partial charge in [0, 0.05) is 24.5 Å². The molecule has 2 aromatic rings. The van der Waals surface area contributed by atoms with Crippen molar-refractivity contribution in [3.8, 4) is 0 Å². The van der Waals surface area contributed by atoms with Crippen LogP contribution in [0.5, 0.6) is 0 Å². The average molecular weight is 313 g/mol. The summed E-state index contributed by atoms with van der Waals surface area (Å²) in [7, 11) is 0. The summed E-state index contributed by atoms with van der Waals surface area (Å²) in [5.41, 5.74) is 1.89. The summed E-state index contributed by atoms with van der Waals surface area (Å²) in [4.78, 5) is 19.1.